The minimum Gasteiger partial charge on any atom is -0.285 e. The second kappa shape index (κ2) is 6.93. The normalized spacial score (nSPS) is 11.3. The van der Waals surface area contributed by atoms with Crippen molar-refractivity contribution in [2.75, 3.05) is 0 Å². The van der Waals surface area contributed by atoms with Crippen LogP contribution in [-0.4, -0.2) is 16.2 Å². The van der Waals surface area contributed by atoms with Crippen molar-refractivity contribution in [2.24, 2.45) is 0 Å². The van der Waals surface area contributed by atoms with E-state index in [1.165, 1.54) is 12.5 Å². The second-order valence-electron chi connectivity index (χ2n) is 5.28. The van der Waals surface area contributed by atoms with Crippen LogP contribution in [0.2, 0.25) is 0 Å². The third-order valence-electron chi connectivity index (χ3n) is 3.46. The highest BCUT2D eigenvalue weighted by Crippen LogP contribution is 2.19. The zero-order valence-electron chi connectivity index (χ0n) is 13.0. The lowest BCUT2D eigenvalue weighted by molar-refractivity contribution is -0.172. The number of amides is 1. The number of nitrogens with zero attached hydrogens (tertiary/aromatic N) is 1. The molecule has 2 aromatic carbocycles. The maximum Gasteiger partial charge on any atom is 0.243 e. The molecule has 1 unspecified atom stereocenters. The molecule has 2 rings (SSSR count). The molecule has 0 saturated heterocycles. The van der Waals surface area contributed by atoms with Crippen LogP contribution in [-0.2, 0) is 4.79 Å². The Hall–Kier alpha value is -2.57. The van der Waals surface area contributed by atoms with Gasteiger partial charge in [0, 0.05) is 18.1 Å². The lowest BCUT2D eigenvalue weighted by atomic mass is 10.0. The maximum atomic E-state index is 11.2. The molecule has 1 atom stereocenters. The summed E-state index contributed by atoms with van der Waals surface area (Å²) in [4.78, 5) is 11.2. The van der Waals surface area contributed by atoms with Crippen LogP contribution in [0.25, 0.3) is 0 Å². The maximum absolute atomic E-state index is 11.2. The molecule has 2 aromatic rings. The number of benzene rings is 2. The Bertz CT molecular complexity index is 723. The van der Waals surface area contributed by atoms with Crippen molar-refractivity contribution in [1.82, 2.24) is 5.06 Å². The van der Waals surface area contributed by atoms with E-state index in [-0.39, 0.29) is 5.91 Å². The zero-order chi connectivity index (χ0) is 16.1. The fourth-order valence-electron chi connectivity index (χ4n) is 2.07. The highest BCUT2D eigenvalue weighted by molar-refractivity contribution is 5.72. The van der Waals surface area contributed by atoms with Crippen LogP contribution in [0.4, 0.5) is 0 Å². The number of hydroxylamine groups is 2. The Balaban J connectivity index is 2.22. The second-order valence-corrected chi connectivity index (χ2v) is 5.28. The molecule has 0 spiro atoms. The Kier molecular flexibility index (Phi) is 4.98. The lowest BCUT2D eigenvalue weighted by Gasteiger charge is -2.21. The molecule has 1 amide bonds. The zero-order valence-corrected chi connectivity index (χ0v) is 13.0. The predicted molar refractivity (Wildman–Crippen MR) is 86.3 cm³/mol. The van der Waals surface area contributed by atoms with Crippen molar-refractivity contribution in [1.29, 1.82) is 0 Å². The lowest BCUT2D eigenvalue weighted by Crippen LogP contribution is -2.27. The van der Waals surface area contributed by atoms with Gasteiger partial charge >= 0.3 is 0 Å². The summed E-state index contributed by atoms with van der Waals surface area (Å²) < 4.78 is 0. The van der Waals surface area contributed by atoms with Gasteiger partial charge < -0.3 is 0 Å². The Morgan fingerprint density at radius 3 is 2.36 bits per heavy atom. The SMILES string of the molecule is CC(=O)N(O)C(C)c1cccc(C#Cc2ccc(C)cc2)c1. The van der Waals surface area contributed by atoms with Crippen molar-refractivity contribution >= 4 is 5.91 Å². The first-order valence-corrected chi connectivity index (χ1v) is 7.14. The summed E-state index contributed by atoms with van der Waals surface area (Å²) in [7, 11) is 0. The van der Waals surface area contributed by atoms with E-state index in [1.54, 1.807) is 6.92 Å². The Morgan fingerprint density at radius 1 is 1.09 bits per heavy atom. The van der Waals surface area contributed by atoms with Gasteiger partial charge in [-0.05, 0) is 43.7 Å². The van der Waals surface area contributed by atoms with Crippen LogP contribution >= 0.6 is 0 Å². The minimum atomic E-state index is -0.404. The van der Waals surface area contributed by atoms with Gasteiger partial charge in [0.05, 0.1) is 6.04 Å². The van der Waals surface area contributed by atoms with Crippen LogP contribution < -0.4 is 0 Å². The fourth-order valence-corrected chi connectivity index (χ4v) is 2.07. The first-order valence-electron chi connectivity index (χ1n) is 7.14. The molecule has 1 N–H and O–H groups in total. The number of aryl methyl sites for hydroxylation is 1. The van der Waals surface area contributed by atoms with Crippen molar-refractivity contribution in [3.05, 3.63) is 70.8 Å². The largest absolute Gasteiger partial charge is 0.285 e. The minimum absolute atomic E-state index is 0.386. The quantitative estimate of drug-likeness (QED) is 0.521. The van der Waals surface area contributed by atoms with E-state index in [0.717, 1.165) is 21.8 Å². The van der Waals surface area contributed by atoms with Crippen LogP contribution in [0.1, 0.15) is 42.1 Å². The number of carbonyl (C=O) groups is 1. The highest BCUT2D eigenvalue weighted by atomic mass is 16.5. The van der Waals surface area contributed by atoms with Gasteiger partial charge in [0.1, 0.15) is 0 Å². The van der Waals surface area contributed by atoms with Crippen LogP contribution in [0.5, 0.6) is 0 Å². The number of hydrogen-bond acceptors (Lipinski definition) is 2. The summed E-state index contributed by atoms with van der Waals surface area (Å²) in [6, 6.07) is 15.2. The number of rotatable bonds is 2. The molecule has 0 fully saturated rings. The smallest absolute Gasteiger partial charge is 0.243 e. The molecule has 0 aliphatic heterocycles. The Morgan fingerprint density at radius 2 is 1.73 bits per heavy atom. The molecule has 0 saturated carbocycles. The first kappa shape index (κ1) is 15.8. The van der Waals surface area contributed by atoms with Gasteiger partial charge in [0.2, 0.25) is 5.91 Å². The first-order chi connectivity index (χ1) is 10.5. The molecule has 0 aliphatic carbocycles. The van der Waals surface area contributed by atoms with Crippen LogP contribution in [0.15, 0.2) is 48.5 Å². The third kappa shape index (κ3) is 3.97. The topological polar surface area (TPSA) is 40.5 Å². The molecule has 0 aromatic heterocycles. The van der Waals surface area contributed by atoms with E-state index < -0.39 is 6.04 Å². The summed E-state index contributed by atoms with van der Waals surface area (Å²) in [5.74, 6) is 5.84. The van der Waals surface area contributed by atoms with Crippen molar-refractivity contribution in [3.63, 3.8) is 0 Å². The molecule has 0 radical (unpaired) electrons. The summed E-state index contributed by atoms with van der Waals surface area (Å²) >= 11 is 0. The molecule has 0 heterocycles. The van der Waals surface area contributed by atoms with Crippen LogP contribution in [0.3, 0.4) is 0 Å². The van der Waals surface area contributed by atoms with Gasteiger partial charge in [-0.25, -0.2) is 5.06 Å². The van der Waals surface area contributed by atoms with E-state index in [0.29, 0.717) is 0 Å². The fraction of sp³-hybridized carbons (Fsp3) is 0.211. The molecule has 0 aliphatic rings. The average Bonchev–Trinajstić information content (AvgIpc) is 2.53. The third-order valence-corrected chi connectivity index (χ3v) is 3.46. The van der Waals surface area contributed by atoms with E-state index in [1.807, 2.05) is 55.5 Å². The summed E-state index contributed by atoms with van der Waals surface area (Å²) in [5.41, 5.74) is 3.85. The van der Waals surface area contributed by atoms with Gasteiger partial charge in [-0.3, -0.25) is 10.0 Å². The number of carbonyl (C=O) groups excluding carboxylic acids is 1. The van der Waals surface area contributed by atoms with Gasteiger partial charge in [0.15, 0.2) is 0 Å². The molecule has 112 valence electrons. The van der Waals surface area contributed by atoms with E-state index in [2.05, 4.69) is 11.8 Å². The van der Waals surface area contributed by atoms with E-state index >= 15 is 0 Å². The van der Waals surface area contributed by atoms with Crippen molar-refractivity contribution < 1.29 is 10.0 Å². The molecular weight excluding hydrogens is 274 g/mol. The summed E-state index contributed by atoms with van der Waals surface area (Å²) in [5, 5.41) is 10.4. The van der Waals surface area contributed by atoms with Crippen LogP contribution in [0, 0.1) is 18.8 Å². The van der Waals surface area contributed by atoms with Crippen molar-refractivity contribution in [2.45, 2.75) is 26.8 Å². The van der Waals surface area contributed by atoms with Gasteiger partial charge in [-0.1, -0.05) is 41.7 Å². The molecule has 3 nitrogen and oxygen atoms in total. The summed E-state index contributed by atoms with van der Waals surface area (Å²) in [6.07, 6.45) is 0. The number of hydrogen-bond donors (Lipinski definition) is 1. The van der Waals surface area contributed by atoms with E-state index in [4.69, 9.17) is 0 Å². The molecule has 22 heavy (non-hydrogen) atoms. The van der Waals surface area contributed by atoms with Crippen molar-refractivity contribution in [3.8, 4) is 11.8 Å². The predicted octanol–water partition coefficient (Wildman–Crippen LogP) is 3.69. The highest BCUT2D eigenvalue weighted by Gasteiger charge is 2.16. The molecular formula is C19H19NO2. The van der Waals surface area contributed by atoms with E-state index in [9.17, 15) is 10.0 Å². The monoisotopic (exact) mass is 293 g/mol. The molecule has 3 heteroatoms. The Labute approximate surface area is 131 Å². The van der Waals surface area contributed by atoms with Gasteiger partial charge in [-0.2, -0.15) is 0 Å². The van der Waals surface area contributed by atoms with Gasteiger partial charge in [-0.15, -0.1) is 0 Å². The average molecular weight is 293 g/mol. The summed E-state index contributed by atoms with van der Waals surface area (Å²) in [6.45, 7) is 5.14. The van der Waals surface area contributed by atoms with Gasteiger partial charge in [0.25, 0.3) is 0 Å². The standard InChI is InChI=1S/C19H19NO2/c1-14-7-9-17(10-8-14)11-12-18-5-4-6-19(13-18)15(2)20(22)16(3)21/h4-10,13,15,22H,1-3H3. The molecule has 0 bridgehead atoms.